The molecule has 1 aromatic rings. The summed E-state index contributed by atoms with van der Waals surface area (Å²) in [4.78, 5) is 0. The molecule has 1 unspecified atom stereocenters. The average Bonchev–Trinajstić information content (AvgIpc) is 2.30. The van der Waals surface area contributed by atoms with E-state index in [0.717, 1.165) is 0 Å². The van der Waals surface area contributed by atoms with Gasteiger partial charge in [0.05, 0.1) is 0 Å². The van der Waals surface area contributed by atoms with Gasteiger partial charge in [-0.2, -0.15) is 0 Å². The Kier molecular flexibility index (Phi) is 4.88. The number of nitriles is 1. The molecule has 1 rings (SSSR count). The van der Waals surface area contributed by atoms with Crippen LogP contribution in [0.15, 0.2) is 30.3 Å². The molecule has 1 atom stereocenters. The van der Waals surface area contributed by atoms with Gasteiger partial charge < -0.3 is 0 Å². The maximum atomic E-state index is 9.30. The molecular formula is C13H17NSe. The predicted octanol–water partition coefficient (Wildman–Crippen LogP) is 3.35. The van der Waals surface area contributed by atoms with E-state index in [9.17, 15) is 5.26 Å². The number of rotatable bonds is 5. The molecule has 0 saturated carbocycles. The van der Waals surface area contributed by atoms with Crippen molar-refractivity contribution in [1.82, 2.24) is 0 Å². The van der Waals surface area contributed by atoms with Crippen molar-refractivity contribution in [3.63, 3.8) is 0 Å². The van der Waals surface area contributed by atoms with Crippen LogP contribution in [-0.2, 0) is 4.31 Å². The van der Waals surface area contributed by atoms with Crippen molar-refractivity contribution in [2.45, 2.75) is 36.3 Å². The van der Waals surface area contributed by atoms with Gasteiger partial charge in [-0.15, -0.1) is 0 Å². The monoisotopic (exact) mass is 267 g/mol. The van der Waals surface area contributed by atoms with Crippen LogP contribution in [0.25, 0.3) is 0 Å². The quantitative estimate of drug-likeness (QED) is 0.592. The van der Waals surface area contributed by atoms with E-state index in [2.05, 4.69) is 32.0 Å². The number of unbranched alkanes of at least 4 members (excludes halogenated alkanes) is 1. The zero-order valence-electron chi connectivity index (χ0n) is 9.36. The van der Waals surface area contributed by atoms with Crippen molar-refractivity contribution >= 4 is 15.0 Å². The van der Waals surface area contributed by atoms with Crippen LogP contribution in [0.3, 0.4) is 0 Å². The summed E-state index contributed by atoms with van der Waals surface area (Å²) in [5, 5.41) is 10.5. The molecule has 0 N–H and O–H groups in total. The molecule has 0 spiro atoms. The maximum absolute atomic E-state index is 9.30. The molecule has 0 radical (unpaired) electrons. The number of nitrogens with zero attached hydrogens (tertiary/aromatic N) is 1. The van der Waals surface area contributed by atoms with Crippen LogP contribution in [0.1, 0.15) is 32.3 Å². The van der Waals surface area contributed by atoms with Gasteiger partial charge in [-0.1, -0.05) is 0 Å². The summed E-state index contributed by atoms with van der Waals surface area (Å²) >= 11 is 0.374. The van der Waals surface area contributed by atoms with Crippen molar-refractivity contribution in [2.24, 2.45) is 0 Å². The van der Waals surface area contributed by atoms with Crippen LogP contribution in [0.5, 0.6) is 0 Å². The molecule has 0 aliphatic rings. The summed E-state index contributed by atoms with van der Waals surface area (Å²) in [6.45, 7) is 4.26. The van der Waals surface area contributed by atoms with Gasteiger partial charge in [-0.25, -0.2) is 0 Å². The molecule has 0 fully saturated rings. The van der Waals surface area contributed by atoms with Crippen molar-refractivity contribution < 1.29 is 0 Å². The van der Waals surface area contributed by atoms with E-state index in [1.807, 2.05) is 18.2 Å². The van der Waals surface area contributed by atoms with E-state index >= 15 is 0 Å². The van der Waals surface area contributed by atoms with Gasteiger partial charge in [0.15, 0.2) is 0 Å². The zero-order chi connectivity index (χ0) is 11.1. The van der Waals surface area contributed by atoms with Crippen molar-refractivity contribution in [3.8, 4) is 6.07 Å². The molecule has 80 valence electrons. The summed E-state index contributed by atoms with van der Waals surface area (Å²) in [5.41, 5.74) is 1.17. The first-order valence-electron chi connectivity index (χ1n) is 5.33. The summed E-state index contributed by atoms with van der Waals surface area (Å²) in [5.74, 6) is 0. The number of hydrogen-bond acceptors (Lipinski definition) is 1. The third-order valence-electron chi connectivity index (χ3n) is 2.43. The van der Waals surface area contributed by atoms with Gasteiger partial charge in [-0.3, -0.25) is 0 Å². The molecule has 0 aromatic heterocycles. The van der Waals surface area contributed by atoms with E-state index < -0.39 is 0 Å². The molecule has 0 heterocycles. The summed E-state index contributed by atoms with van der Waals surface area (Å²) in [6, 6.07) is 12.6. The Morgan fingerprint density at radius 3 is 2.53 bits per heavy atom. The second kappa shape index (κ2) is 5.95. The molecule has 0 saturated heterocycles. The van der Waals surface area contributed by atoms with E-state index in [4.69, 9.17) is 0 Å². The Morgan fingerprint density at radius 2 is 2.00 bits per heavy atom. The molecule has 0 amide bonds. The van der Waals surface area contributed by atoms with E-state index in [0.29, 0.717) is 15.0 Å². The third kappa shape index (κ3) is 3.38. The van der Waals surface area contributed by atoms with Crippen LogP contribution in [0.2, 0.25) is 5.32 Å². The van der Waals surface area contributed by atoms with Crippen LogP contribution in [0, 0.1) is 11.3 Å². The van der Waals surface area contributed by atoms with Crippen LogP contribution in [-0.4, -0.2) is 15.0 Å². The first-order chi connectivity index (χ1) is 7.23. The number of hydrogen-bond donors (Lipinski definition) is 0. The van der Waals surface area contributed by atoms with Crippen molar-refractivity contribution in [3.05, 3.63) is 35.9 Å². The Labute approximate surface area is 98.7 Å². The minimum atomic E-state index is -0.247. The first-order valence-corrected chi connectivity index (χ1v) is 7.40. The van der Waals surface area contributed by atoms with Gasteiger partial charge in [-0.05, 0) is 0 Å². The normalized spacial score (nSPS) is 14.2. The van der Waals surface area contributed by atoms with Gasteiger partial charge >= 0.3 is 98.5 Å². The van der Waals surface area contributed by atoms with E-state index in [-0.39, 0.29) is 4.31 Å². The van der Waals surface area contributed by atoms with Gasteiger partial charge in [0, 0.05) is 0 Å². The second-order valence-corrected chi connectivity index (χ2v) is 6.89. The summed E-state index contributed by atoms with van der Waals surface area (Å²) in [6.07, 6.45) is 2.46. The molecule has 15 heavy (non-hydrogen) atoms. The summed E-state index contributed by atoms with van der Waals surface area (Å²) < 4.78 is -0.247. The zero-order valence-corrected chi connectivity index (χ0v) is 11.1. The van der Waals surface area contributed by atoms with E-state index in [1.165, 1.54) is 23.7 Å². The Morgan fingerprint density at radius 1 is 1.33 bits per heavy atom. The third-order valence-corrected chi connectivity index (χ3v) is 5.36. The van der Waals surface area contributed by atoms with Crippen molar-refractivity contribution in [1.29, 1.82) is 5.26 Å². The molecule has 0 aliphatic carbocycles. The van der Waals surface area contributed by atoms with E-state index in [1.54, 1.807) is 0 Å². The number of benzene rings is 1. The first kappa shape index (κ1) is 12.3. The fraction of sp³-hybridized carbons (Fsp3) is 0.462. The Bertz CT molecular complexity index is 328. The second-order valence-electron chi connectivity index (χ2n) is 3.71. The average molecular weight is 266 g/mol. The van der Waals surface area contributed by atoms with Crippen LogP contribution in [0.4, 0.5) is 0 Å². The molecular weight excluding hydrogens is 249 g/mol. The summed E-state index contributed by atoms with van der Waals surface area (Å²) in [7, 11) is 0. The minimum absolute atomic E-state index is 0.247. The van der Waals surface area contributed by atoms with Gasteiger partial charge in [0.1, 0.15) is 0 Å². The predicted molar refractivity (Wildman–Crippen MR) is 64.9 cm³/mol. The van der Waals surface area contributed by atoms with Crippen LogP contribution >= 0.6 is 0 Å². The van der Waals surface area contributed by atoms with Gasteiger partial charge in [0.25, 0.3) is 0 Å². The molecule has 0 aliphatic heterocycles. The Balaban J connectivity index is 2.73. The molecule has 0 bridgehead atoms. The fourth-order valence-corrected chi connectivity index (χ4v) is 3.89. The SMILES string of the molecule is CCCC[Se]C(C)(C#N)c1ccccc1. The Hall–Kier alpha value is -0.771. The topological polar surface area (TPSA) is 23.8 Å². The fourth-order valence-electron chi connectivity index (χ4n) is 1.36. The molecule has 2 heteroatoms. The molecule has 1 aromatic carbocycles. The van der Waals surface area contributed by atoms with Crippen LogP contribution < -0.4 is 0 Å². The standard InChI is InChI=1S/C13H17NSe/c1-3-4-10-15-13(2,11-14)12-8-6-5-7-9-12/h5-9H,3-4,10H2,1-2H3. The van der Waals surface area contributed by atoms with Crippen molar-refractivity contribution in [2.75, 3.05) is 0 Å². The van der Waals surface area contributed by atoms with Gasteiger partial charge in [0.2, 0.25) is 0 Å². The molecule has 1 nitrogen and oxygen atoms in total.